The molecular formula is C24H31N3O6S. The normalized spacial score (nSPS) is 11.6. The van der Waals surface area contributed by atoms with E-state index in [4.69, 9.17) is 9.47 Å². The lowest BCUT2D eigenvalue weighted by Gasteiger charge is -2.18. The molecule has 2 rings (SSSR count). The van der Waals surface area contributed by atoms with Crippen LogP contribution in [0.3, 0.4) is 0 Å². The predicted molar refractivity (Wildman–Crippen MR) is 130 cm³/mol. The van der Waals surface area contributed by atoms with E-state index in [0.29, 0.717) is 30.2 Å². The van der Waals surface area contributed by atoms with Gasteiger partial charge in [-0.05, 0) is 55.8 Å². The summed E-state index contributed by atoms with van der Waals surface area (Å²) in [6, 6.07) is 10.9. The van der Waals surface area contributed by atoms with E-state index < -0.39 is 21.8 Å². The Bertz CT molecular complexity index is 1120. The van der Waals surface area contributed by atoms with Crippen molar-refractivity contribution in [3.05, 3.63) is 59.7 Å². The molecule has 0 aliphatic carbocycles. The van der Waals surface area contributed by atoms with Crippen molar-refractivity contribution in [3.63, 3.8) is 0 Å². The summed E-state index contributed by atoms with van der Waals surface area (Å²) in [6.45, 7) is 8.09. The van der Waals surface area contributed by atoms with Crippen LogP contribution >= 0.6 is 0 Å². The maximum atomic E-state index is 12.5. The van der Waals surface area contributed by atoms with Crippen molar-refractivity contribution >= 4 is 27.9 Å². The van der Waals surface area contributed by atoms with Crippen LogP contribution in [0.1, 0.15) is 43.6 Å². The van der Waals surface area contributed by atoms with Crippen molar-refractivity contribution in [2.45, 2.75) is 38.7 Å². The Morgan fingerprint density at radius 3 is 2.21 bits per heavy atom. The fourth-order valence-corrected chi connectivity index (χ4v) is 4.49. The van der Waals surface area contributed by atoms with Crippen LogP contribution in [0.4, 0.5) is 0 Å². The Kier molecular flexibility index (Phi) is 9.64. The second-order valence-corrected chi connectivity index (χ2v) is 9.41. The van der Waals surface area contributed by atoms with Gasteiger partial charge in [0.15, 0.2) is 11.5 Å². The van der Waals surface area contributed by atoms with Gasteiger partial charge in [0.2, 0.25) is 10.0 Å². The lowest BCUT2D eigenvalue weighted by molar-refractivity contribution is -0.117. The predicted octanol–water partition coefficient (Wildman–Crippen LogP) is 2.99. The number of hydrogen-bond acceptors (Lipinski definition) is 6. The molecule has 0 saturated heterocycles. The molecule has 0 spiro atoms. The van der Waals surface area contributed by atoms with E-state index in [1.165, 1.54) is 41.8 Å². The molecule has 184 valence electrons. The van der Waals surface area contributed by atoms with Gasteiger partial charge in [0, 0.05) is 24.7 Å². The van der Waals surface area contributed by atoms with Crippen LogP contribution in [-0.4, -0.2) is 50.8 Å². The van der Waals surface area contributed by atoms with Gasteiger partial charge in [-0.1, -0.05) is 26.0 Å². The van der Waals surface area contributed by atoms with Crippen LogP contribution < -0.4 is 20.3 Å². The largest absolute Gasteiger partial charge is 0.493 e. The fraction of sp³-hybridized carbons (Fsp3) is 0.333. The maximum absolute atomic E-state index is 12.5. The molecule has 0 saturated carbocycles. The topological polar surface area (TPSA) is 114 Å². The molecule has 0 aromatic heterocycles. The first-order valence-electron chi connectivity index (χ1n) is 10.9. The van der Waals surface area contributed by atoms with Crippen LogP contribution in [0.5, 0.6) is 11.5 Å². The summed E-state index contributed by atoms with van der Waals surface area (Å²) in [7, 11) is -2.07. The number of nitrogens with zero attached hydrogens (tertiary/aromatic N) is 1. The van der Waals surface area contributed by atoms with Gasteiger partial charge in [-0.2, -0.15) is 4.31 Å². The molecule has 2 aromatic carbocycles. The van der Waals surface area contributed by atoms with Crippen molar-refractivity contribution in [1.82, 2.24) is 15.2 Å². The minimum absolute atomic E-state index is 0.0531. The molecule has 0 fully saturated rings. The first-order valence-corrected chi connectivity index (χ1v) is 12.3. The van der Waals surface area contributed by atoms with Crippen molar-refractivity contribution in [1.29, 1.82) is 0 Å². The smallest absolute Gasteiger partial charge is 0.269 e. The quantitative estimate of drug-likeness (QED) is 0.392. The molecule has 0 aliphatic heterocycles. The van der Waals surface area contributed by atoms with E-state index in [1.54, 1.807) is 38.1 Å². The number of carbonyl (C=O) groups excluding carboxylic acids is 2. The Hall–Kier alpha value is -3.37. The molecule has 0 aliphatic rings. The molecule has 9 nitrogen and oxygen atoms in total. The standard InChI is InChI=1S/C24H31N3O6S/c1-6-27(7-2)34(30,31)20-12-8-18(9-13-20)10-15-23(28)25-26-24(29)19-11-14-21(33-17(3)4)22(16-19)32-5/h8-17H,6-7H2,1-5H3,(H,25,28)(H,26,29)/b15-10+. The molecule has 0 radical (unpaired) electrons. The Morgan fingerprint density at radius 1 is 1.00 bits per heavy atom. The minimum Gasteiger partial charge on any atom is -0.493 e. The Morgan fingerprint density at radius 2 is 1.65 bits per heavy atom. The highest BCUT2D eigenvalue weighted by Crippen LogP contribution is 2.28. The molecule has 0 heterocycles. The number of nitrogens with one attached hydrogen (secondary N) is 2. The van der Waals surface area contributed by atoms with Gasteiger partial charge >= 0.3 is 0 Å². The van der Waals surface area contributed by atoms with E-state index >= 15 is 0 Å². The first-order chi connectivity index (χ1) is 16.1. The Labute approximate surface area is 200 Å². The summed E-state index contributed by atoms with van der Waals surface area (Å²) in [5, 5.41) is 0. The molecule has 2 N–H and O–H groups in total. The third kappa shape index (κ3) is 7.06. The van der Waals surface area contributed by atoms with Crippen LogP contribution in [-0.2, 0) is 14.8 Å². The van der Waals surface area contributed by atoms with Crippen molar-refractivity contribution in [2.24, 2.45) is 0 Å². The number of amides is 2. The Balaban J connectivity index is 1.97. The second-order valence-electron chi connectivity index (χ2n) is 7.47. The highest BCUT2D eigenvalue weighted by Gasteiger charge is 2.21. The number of ether oxygens (including phenoxy) is 2. The SMILES string of the molecule is CCN(CC)S(=O)(=O)c1ccc(/C=C/C(=O)NNC(=O)c2ccc(OC(C)C)c(OC)c2)cc1. The molecule has 0 atom stereocenters. The number of rotatable bonds is 10. The summed E-state index contributed by atoms with van der Waals surface area (Å²) in [6.07, 6.45) is 2.69. The van der Waals surface area contributed by atoms with Gasteiger partial charge in [0.05, 0.1) is 18.1 Å². The molecule has 2 aromatic rings. The first kappa shape index (κ1) is 26.9. The van der Waals surface area contributed by atoms with Crippen LogP contribution in [0, 0.1) is 0 Å². The summed E-state index contributed by atoms with van der Waals surface area (Å²) in [5.41, 5.74) is 5.54. The number of methoxy groups -OCH3 is 1. The summed E-state index contributed by atoms with van der Waals surface area (Å²) < 4.78 is 37.3. The third-order valence-electron chi connectivity index (χ3n) is 4.74. The molecule has 34 heavy (non-hydrogen) atoms. The van der Waals surface area contributed by atoms with Crippen molar-refractivity contribution in [3.8, 4) is 11.5 Å². The lowest BCUT2D eigenvalue weighted by Crippen LogP contribution is -2.40. The number of carbonyl (C=O) groups is 2. The van der Waals surface area contributed by atoms with Crippen LogP contribution in [0.25, 0.3) is 6.08 Å². The zero-order valence-electron chi connectivity index (χ0n) is 20.0. The van der Waals surface area contributed by atoms with Crippen molar-refractivity contribution < 1.29 is 27.5 Å². The molecule has 0 unspecified atom stereocenters. The van der Waals surface area contributed by atoms with Gasteiger partial charge in [0.25, 0.3) is 11.8 Å². The molecule has 0 bridgehead atoms. The van der Waals surface area contributed by atoms with Gasteiger partial charge in [-0.15, -0.1) is 0 Å². The van der Waals surface area contributed by atoms with E-state index in [1.807, 2.05) is 13.8 Å². The van der Waals surface area contributed by atoms with Gasteiger partial charge < -0.3 is 9.47 Å². The zero-order valence-corrected chi connectivity index (χ0v) is 20.8. The van der Waals surface area contributed by atoms with E-state index in [0.717, 1.165) is 0 Å². The number of hydrazine groups is 1. The van der Waals surface area contributed by atoms with E-state index in [2.05, 4.69) is 10.9 Å². The molecule has 2 amide bonds. The van der Waals surface area contributed by atoms with Gasteiger partial charge in [-0.3, -0.25) is 20.4 Å². The lowest BCUT2D eigenvalue weighted by atomic mass is 10.2. The van der Waals surface area contributed by atoms with Crippen molar-refractivity contribution in [2.75, 3.05) is 20.2 Å². The average Bonchev–Trinajstić information content (AvgIpc) is 2.82. The maximum Gasteiger partial charge on any atom is 0.269 e. The summed E-state index contributed by atoms with van der Waals surface area (Å²) >= 11 is 0. The monoisotopic (exact) mass is 489 g/mol. The van der Waals surface area contributed by atoms with Gasteiger partial charge in [0.1, 0.15) is 0 Å². The van der Waals surface area contributed by atoms with Crippen LogP contribution in [0.2, 0.25) is 0 Å². The molecule has 10 heteroatoms. The number of benzene rings is 2. The van der Waals surface area contributed by atoms with E-state index in [9.17, 15) is 18.0 Å². The molecular weight excluding hydrogens is 458 g/mol. The van der Waals surface area contributed by atoms with Crippen LogP contribution in [0.15, 0.2) is 53.4 Å². The average molecular weight is 490 g/mol. The summed E-state index contributed by atoms with van der Waals surface area (Å²) in [5.74, 6) is -0.169. The number of hydrogen-bond donors (Lipinski definition) is 2. The number of sulfonamides is 1. The highest BCUT2D eigenvalue weighted by atomic mass is 32.2. The minimum atomic E-state index is -3.54. The third-order valence-corrected chi connectivity index (χ3v) is 6.80. The zero-order chi connectivity index (χ0) is 25.3. The van der Waals surface area contributed by atoms with Gasteiger partial charge in [-0.25, -0.2) is 8.42 Å². The van der Waals surface area contributed by atoms with E-state index in [-0.39, 0.29) is 16.6 Å². The fourth-order valence-electron chi connectivity index (χ4n) is 3.03. The summed E-state index contributed by atoms with van der Waals surface area (Å²) in [4.78, 5) is 24.6. The highest BCUT2D eigenvalue weighted by molar-refractivity contribution is 7.89. The second kappa shape index (κ2) is 12.2.